The summed E-state index contributed by atoms with van der Waals surface area (Å²) < 4.78 is 19.3. The molecule has 0 amide bonds. The summed E-state index contributed by atoms with van der Waals surface area (Å²) in [5.41, 5.74) is 1.60. The third kappa shape index (κ3) is 2.94. The average Bonchev–Trinajstić information content (AvgIpc) is 3.13. The van der Waals surface area contributed by atoms with Crippen LogP contribution >= 0.6 is 11.3 Å². The van der Waals surface area contributed by atoms with E-state index in [4.69, 9.17) is 10.00 Å². The van der Waals surface area contributed by atoms with Crippen LogP contribution in [0.3, 0.4) is 0 Å². The Morgan fingerprint density at radius 2 is 2.23 bits per heavy atom. The van der Waals surface area contributed by atoms with Crippen LogP contribution in [0.2, 0.25) is 0 Å². The Kier molecular flexibility index (Phi) is 3.80. The second-order valence-corrected chi connectivity index (χ2v) is 5.52. The Hall–Kier alpha value is -2.79. The van der Waals surface area contributed by atoms with Gasteiger partial charge in [0, 0.05) is 17.0 Å². The van der Waals surface area contributed by atoms with Gasteiger partial charge in [0.05, 0.1) is 10.7 Å². The zero-order chi connectivity index (χ0) is 15.5. The molecule has 0 atom stereocenters. The van der Waals surface area contributed by atoms with Crippen LogP contribution in [-0.4, -0.2) is 20.4 Å². The van der Waals surface area contributed by atoms with Crippen molar-refractivity contribution in [1.82, 2.24) is 20.4 Å². The van der Waals surface area contributed by atoms with Crippen LogP contribution in [0.15, 0.2) is 23.6 Å². The van der Waals surface area contributed by atoms with Crippen LogP contribution < -0.4 is 4.74 Å². The van der Waals surface area contributed by atoms with E-state index >= 15 is 0 Å². The van der Waals surface area contributed by atoms with Crippen molar-refractivity contribution in [3.8, 4) is 23.1 Å². The Labute approximate surface area is 129 Å². The highest BCUT2D eigenvalue weighted by Gasteiger charge is 2.12. The molecule has 0 aliphatic rings. The number of halogens is 1. The Morgan fingerprint density at radius 1 is 1.36 bits per heavy atom. The highest BCUT2D eigenvalue weighted by molar-refractivity contribution is 7.09. The highest BCUT2D eigenvalue weighted by atomic mass is 32.1. The number of nitriles is 1. The second kappa shape index (κ2) is 5.91. The Balaban J connectivity index is 1.85. The minimum absolute atomic E-state index is 0.103. The van der Waals surface area contributed by atoms with Gasteiger partial charge in [-0.15, -0.1) is 16.4 Å². The maximum atomic E-state index is 13.8. The van der Waals surface area contributed by atoms with Crippen molar-refractivity contribution in [2.45, 2.75) is 13.5 Å². The second-order valence-electron chi connectivity index (χ2n) is 4.45. The van der Waals surface area contributed by atoms with Crippen LogP contribution in [0, 0.1) is 24.1 Å². The molecule has 0 aliphatic carbocycles. The molecular formula is C14H10FN5OS. The van der Waals surface area contributed by atoms with E-state index in [9.17, 15) is 4.39 Å². The quantitative estimate of drug-likeness (QED) is 0.800. The number of hydrogen-bond acceptors (Lipinski definition) is 6. The first-order chi connectivity index (χ1) is 10.7. The molecule has 1 aromatic carbocycles. The van der Waals surface area contributed by atoms with Gasteiger partial charge in [0.2, 0.25) is 0 Å². The fourth-order valence-corrected chi connectivity index (χ4v) is 2.52. The molecule has 6 nitrogen and oxygen atoms in total. The number of hydrogen-bond donors (Lipinski definition) is 1. The number of benzene rings is 1. The number of aromatic amines is 1. The summed E-state index contributed by atoms with van der Waals surface area (Å²) in [5, 5.41) is 21.7. The van der Waals surface area contributed by atoms with Gasteiger partial charge >= 0.3 is 0 Å². The maximum absolute atomic E-state index is 13.8. The normalized spacial score (nSPS) is 10.4. The molecule has 0 spiro atoms. The number of H-pyrrole nitrogens is 1. The summed E-state index contributed by atoms with van der Waals surface area (Å²) in [6.07, 6.45) is 0. The molecule has 0 saturated carbocycles. The zero-order valence-corrected chi connectivity index (χ0v) is 12.3. The van der Waals surface area contributed by atoms with Gasteiger partial charge in [-0.1, -0.05) is 0 Å². The average molecular weight is 315 g/mol. The summed E-state index contributed by atoms with van der Waals surface area (Å²) in [7, 11) is 0. The standard InChI is InChI=1S/C14H10FN5OS/c1-8-17-11(7-22-8)6-21-12-3-9(2-10(15)4-12)14-13(5-16)18-20-19-14/h2-4,7H,6H2,1H3,(H,18,19,20). The first kappa shape index (κ1) is 14.2. The lowest BCUT2D eigenvalue weighted by molar-refractivity contribution is 0.300. The van der Waals surface area contributed by atoms with Gasteiger partial charge < -0.3 is 4.74 Å². The van der Waals surface area contributed by atoms with E-state index in [1.807, 2.05) is 18.4 Å². The van der Waals surface area contributed by atoms with Crippen LogP contribution in [-0.2, 0) is 6.61 Å². The van der Waals surface area contributed by atoms with Crippen molar-refractivity contribution >= 4 is 11.3 Å². The summed E-state index contributed by atoms with van der Waals surface area (Å²) in [5.74, 6) is -0.138. The number of aryl methyl sites for hydroxylation is 1. The molecule has 2 heterocycles. The monoisotopic (exact) mass is 315 g/mol. The van der Waals surface area contributed by atoms with Gasteiger partial charge in [0.25, 0.3) is 0 Å². The van der Waals surface area contributed by atoms with Crippen LogP contribution in [0.1, 0.15) is 16.4 Å². The first-order valence-electron chi connectivity index (χ1n) is 6.31. The number of nitrogens with zero attached hydrogens (tertiary/aromatic N) is 4. The van der Waals surface area contributed by atoms with Crippen molar-refractivity contribution in [3.63, 3.8) is 0 Å². The molecule has 8 heteroatoms. The smallest absolute Gasteiger partial charge is 0.190 e. The molecule has 3 rings (SSSR count). The minimum Gasteiger partial charge on any atom is -0.487 e. The Bertz CT molecular complexity index is 851. The van der Waals surface area contributed by atoms with E-state index in [0.29, 0.717) is 11.3 Å². The zero-order valence-electron chi connectivity index (χ0n) is 11.5. The largest absolute Gasteiger partial charge is 0.487 e. The fourth-order valence-electron chi connectivity index (χ4n) is 1.92. The molecular weight excluding hydrogens is 305 g/mol. The van der Waals surface area contributed by atoms with Crippen LogP contribution in [0.4, 0.5) is 4.39 Å². The Morgan fingerprint density at radius 3 is 2.95 bits per heavy atom. The van der Waals surface area contributed by atoms with Crippen molar-refractivity contribution in [2.24, 2.45) is 0 Å². The lowest BCUT2D eigenvalue weighted by atomic mass is 10.1. The van der Waals surface area contributed by atoms with E-state index in [1.54, 1.807) is 6.07 Å². The van der Waals surface area contributed by atoms with E-state index in [-0.39, 0.29) is 18.0 Å². The van der Waals surface area contributed by atoms with E-state index in [2.05, 4.69) is 20.4 Å². The predicted molar refractivity (Wildman–Crippen MR) is 77.7 cm³/mol. The van der Waals surface area contributed by atoms with Gasteiger partial charge in [-0.05, 0) is 19.1 Å². The van der Waals surface area contributed by atoms with Crippen LogP contribution in [0.25, 0.3) is 11.3 Å². The summed E-state index contributed by atoms with van der Waals surface area (Å²) in [4.78, 5) is 4.28. The van der Waals surface area contributed by atoms with E-state index in [1.165, 1.54) is 23.5 Å². The van der Waals surface area contributed by atoms with Gasteiger partial charge in [0.15, 0.2) is 5.69 Å². The SMILES string of the molecule is Cc1nc(COc2cc(F)cc(-c3n[nH]nc3C#N)c2)cs1. The van der Waals surface area contributed by atoms with Crippen molar-refractivity contribution in [1.29, 1.82) is 5.26 Å². The number of rotatable bonds is 4. The van der Waals surface area contributed by atoms with Gasteiger partial charge in [0.1, 0.15) is 29.9 Å². The lowest BCUT2D eigenvalue weighted by Crippen LogP contribution is -1.97. The summed E-state index contributed by atoms with van der Waals surface area (Å²) in [6, 6.07) is 6.06. The molecule has 0 bridgehead atoms. The van der Waals surface area contributed by atoms with Gasteiger partial charge in [-0.3, -0.25) is 0 Å². The lowest BCUT2D eigenvalue weighted by Gasteiger charge is -2.06. The molecule has 110 valence electrons. The molecule has 2 aromatic heterocycles. The summed E-state index contributed by atoms with van der Waals surface area (Å²) >= 11 is 1.53. The van der Waals surface area contributed by atoms with Crippen LogP contribution in [0.5, 0.6) is 5.75 Å². The van der Waals surface area contributed by atoms with Gasteiger partial charge in [-0.2, -0.15) is 15.6 Å². The number of nitrogens with one attached hydrogen (secondary N) is 1. The van der Waals surface area contributed by atoms with E-state index < -0.39 is 5.82 Å². The fraction of sp³-hybridized carbons (Fsp3) is 0.143. The third-order valence-corrected chi connectivity index (χ3v) is 3.67. The molecule has 22 heavy (non-hydrogen) atoms. The summed E-state index contributed by atoms with van der Waals surface area (Å²) in [6.45, 7) is 2.15. The number of aromatic nitrogens is 4. The van der Waals surface area contributed by atoms with Crippen molar-refractivity contribution in [2.75, 3.05) is 0 Å². The molecule has 0 saturated heterocycles. The molecule has 0 fully saturated rings. The highest BCUT2D eigenvalue weighted by Crippen LogP contribution is 2.26. The van der Waals surface area contributed by atoms with Crippen molar-refractivity contribution < 1.29 is 9.13 Å². The predicted octanol–water partition coefficient (Wildman–Crippen LogP) is 2.83. The third-order valence-electron chi connectivity index (χ3n) is 2.85. The number of ether oxygens (including phenoxy) is 1. The molecule has 1 N–H and O–H groups in total. The van der Waals surface area contributed by atoms with E-state index in [0.717, 1.165) is 10.7 Å². The topological polar surface area (TPSA) is 87.5 Å². The maximum Gasteiger partial charge on any atom is 0.190 e. The molecule has 0 radical (unpaired) electrons. The molecule has 3 aromatic rings. The first-order valence-corrected chi connectivity index (χ1v) is 7.19. The van der Waals surface area contributed by atoms with Gasteiger partial charge in [-0.25, -0.2) is 9.37 Å². The number of thiazole rings is 1. The minimum atomic E-state index is -0.478. The molecule has 0 unspecified atom stereocenters. The van der Waals surface area contributed by atoms with Crippen molar-refractivity contribution in [3.05, 3.63) is 45.8 Å². The molecule has 0 aliphatic heterocycles.